The van der Waals surface area contributed by atoms with Gasteiger partial charge in [0.1, 0.15) is 6.04 Å². The maximum atomic E-state index is 12.4. The van der Waals surface area contributed by atoms with E-state index in [1.54, 1.807) is 0 Å². The zero-order valence-electron chi connectivity index (χ0n) is 14.7. The molecule has 0 aliphatic carbocycles. The number of ketones is 1. The Morgan fingerprint density at radius 1 is 1.14 bits per heavy atom. The normalized spacial score (nSPS) is 20.5. The molecule has 1 amide bonds. The van der Waals surface area contributed by atoms with Crippen molar-refractivity contribution in [2.24, 2.45) is 11.8 Å². The van der Waals surface area contributed by atoms with Gasteiger partial charge in [0.05, 0.1) is 5.70 Å². The van der Waals surface area contributed by atoms with Crippen LogP contribution < -0.4 is 10.6 Å². The van der Waals surface area contributed by atoms with Crippen LogP contribution >= 0.6 is 0 Å². The van der Waals surface area contributed by atoms with E-state index in [9.17, 15) is 9.59 Å². The van der Waals surface area contributed by atoms with E-state index in [0.717, 1.165) is 18.5 Å². The third-order valence-corrected chi connectivity index (χ3v) is 3.60. The molecule has 0 radical (unpaired) electrons. The van der Waals surface area contributed by atoms with Gasteiger partial charge in [-0.15, -0.1) is 0 Å². The minimum atomic E-state index is -0.420. The van der Waals surface area contributed by atoms with Crippen LogP contribution in [0.5, 0.6) is 0 Å². The van der Waals surface area contributed by atoms with Gasteiger partial charge >= 0.3 is 0 Å². The number of carbonyl (C=O) groups is 2. The first-order chi connectivity index (χ1) is 10.2. The molecule has 0 saturated carbocycles. The highest BCUT2D eigenvalue weighted by molar-refractivity contribution is 5.87. The van der Waals surface area contributed by atoms with E-state index < -0.39 is 6.10 Å². The molecule has 126 valence electrons. The van der Waals surface area contributed by atoms with Gasteiger partial charge in [0.2, 0.25) is 12.0 Å². The number of epoxide rings is 1. The Morgan fingerprint density at radius 3 is 2.23 bits per heavy atom. The van der Waals surface area contributed by atoms with Crippen LogP contribution in [0, 0.1) is 11.8 Å². The third-order valence-electron chi connectivity index (χ3n) is 3.60. The number of carbonyl (C=O) groups excluding carboxylic acids is 2. The number of allylic oxidation sites excluding steroid dienone is 1. The Balaban J connectivity index is 2.61. The molecule has 1 aliphatic rings. The summed E-state index contributed by atoms with van der Waals surface area (Å²) in [5.41, 5.74) is 0.782. The van der Waals surface area contributed by atoms with Crippen molar-refractivity contribution in [2.75, 3.05) is 6.54 Å². The van der Waals surface area contributed by atoms with Gasteiger partial charge in [-0.3, -0.25) is 9.59 Å². The fourth-order valence-electron chi connectivity index (χ4n) is 2.29. The Bertz CT molecular complexity index is 441. The first kappa shape index (κ1) is 18.5. The van der Waals surface area contributed by atoms with E-state index in [2.05, 4.69) is 38.3 Å². The molecule has 0 aromatic rings. The molecule has 0 bridgehead atoms. The monoisotopic (exact) mass is 310 g/mol. The fraction of sp³-hybridized carbons (Fsp3) is 0.765. The van der Waals surface area contributed by atoms with Crippen molar-refractivity contribution in [1.29, 1.82) is 0 Å². The highest BCUT2D eigenvalue weighted by Gasteiger charge is 2.40. The van der Waals surface area contributed by atoms with Crippen LogP contribution in [0.25, 0.3) is 0 Å². The molecule has 5 nitrogen and oxygen atoms in total. The molecule has 1 saturated heterocycles. The Hall–Kier alpha value is -1.52. The molecule has 1 rings (SSSR count). The lowest BCUT2D eigenvalue weighted by molar-refractivity contribution is -0.123. The molecule has 1 aliphatic heterocycles. The summed E-state index contributed by atoms with van der Waals surface area (Å²) in [7, 11) is 0. The zero-order chi connectivity index (χ0) is 16.9. The summed E-state index contributed by atoms with van der Waals surface area (Å²) in [4.78, 5) is 23.6. The van der Waals surface area contributed by atoms with Crippen LogP contribution in [0.2, 0.25) is 0 Å². The van der Waals surface area contributed by atoms with Crippen LogP contribution in [0.4, 0.5) is 0 Å². The topological polar surface area (TPSA) is 70.7 Å². The lowest BCUT2D eigenvalue weighted by Gasteiger charge is -2.21. The average molecular weight is 310 g/mol. The number of rotatable bonds is 9. The van der Waals surface area contributed by atoms with Crippen molar-refractivity contribution in [3.8, 4) is 0 Å². The third kappa shape index (κ3) is 6.08. The average Bonchev–Trinajstić information content (AvgIpc) is 3.16. The molecule has 0 aromatic carbocycles. The van der Waals surface area contributed by atoms with Gasteiger partial charge in [-0.25, -0.2) is 0 Å². The highest BCUT2D eigenvalue weighted by Crippen LogP contribution is 2.30. The molecule has 2 atom stereocenters. The second kappa shape index (κ2) is 8.20. The lowest BCUT2D eigenvalue weighted by Crippen LogP contribution is -2.44. The summed E-state index contributed by atoms with van der Waals surface area (Å²) in [6.45, 7) is 12.5. The van der Waals surface area contributed by atoms with E-state index in [0.29, 0.717) is 24.1 Å². The molecule has 1 heterocycles. The summed E-state index contributed by atoms with van der Waals surface area (Å²) in [6.07, 6.45) is 1.29. The van der Waals surface area contributed by atoms with Gasteiger partial charge < -0.3 is 15.4 Å². The van der Waals surface area contributed by atoms with Gasteiger partial charge in [0.15, 0.2) is 11.5 Å². The summed E-state index contributed by atoms with van der Waals surface area (Å²) >= 11 is 0. The number of nitrogens with one attached hydrogen (secondary N) is 2. The number of Topliss-reactive ketones (excluding diaryl/α,β-unsaturated/α-hetero) is 1. The molecule has 2 unspecified atom stereocenters. The predicted molar refractivity (Wildman–Crippen MR) is 87.1 cm³/mol. The minimum absolute atomic E-state index is 0.00190. The molecule has 0 spiro atoms. The van der Waals surface area contributed by atoms with Crippen LogP contribution in [-0.2, 0) is 14.3 Å². The van der Waals surface area contributed by atoms with Crippen LogP contribution in [0.15, 0.2) is 11.5 Å². The van der Waals surface area contributed by atoms with Crippen molar-refractivity contribution in [1.82, 2.24) is 10.6 Å². The van der Waals surface area contributed by atoms with Crippen LogP contribution in [-0.4, -0.2) is 30.4 Å². The van der Waals surface area contributed by atoms with E-state index in [1.807, 2.05) is 6.92 Å². The number of amides is 1. The van der Waals surface area contributed by atoms with Crippen molar-refractivity contribution in [3.05, 3.63) is 11.5 Å². The van der Waals surface area contributed by atoms with E-state index in [4.69, 9.17) is 4.74 Å². The van der Waals surface area contributed by atoms with Gasteiger partial charge in [0.25, 0.3) is 0 Å². The highest BCUT2D eigenvalue weighted by atomic mass is 16.6. The predicted octanol–water partition coefficient (Wildman–Crippen LogP) is 2.37. The van der Waals surface area contributed by atoms with E-state index >= 15 is 0 Å². The van der Waals surface area contributed by atoms with Crippen molar-refractivity contribution >= 4 is 11.7 Å². The van der Waals surface area contributed by atoms with Crippen molar-refractivity contribution in [3.63, 3.8) is 0 Å². The number of hydrogen-bond acceptors (Lipinski definition) is 4. The second-order valence-electron chi connectivity index (χ2n) is 6.90. The van der Waals surface area contributed by atoms with Crippen molar-refractivity contribution < 1.29 is 14.3 Å². The van der Waals surface area contributed by atoms with Crippen LogP contribution in [0.3, 0.4) is 0 Å². The number of ether oxygens (including phenoxy) is 1. The summed E-state index contributed by atoms with van der Waals surface area (Å²) < 4.78 is 5.27. The summed E-state index contributed by atoms with van der Waals surface area (Å²) in [5, 5.41) is 6.21. The number of hydrogen-bond donors (Lipinski definition) is 2. The zero-order valence-corrected chi connectivity index (χ0v) is 14.7. The lowest BCUT2D eigenvalue weighted by atomic mass is 10.0. The van der Waals surface area contributed by atoms with Crippen LogP contribution in [0.1, 0.15) is 54.4 Å². The van der Waals surface area contributed by atoms with Gasteiger partial charge in [-0.05, 0) is 38.5 Å². The SMILES string of the molecule is CC(=O)C1OC1=C(C)NC(CC(C)C)C(=O)NCCC(C)C. The Labute approximate surface area is 133 Å². The summed E-state index contributed by atoms with van der Waals surface area (Å²) in [6, 6.07) is -0.295. The Kier molecular flexibility index (Phi) is 6.91. The standard InChI is InChI=1S/C17H30N2O3/c1-10(2)7-8-18-17(21)14(9-11(3)4)19-12(5)15-16(22-15)13(6)20/h10-11,14,16,19H,7-9H2,1-6H3,(H,18,21). The van der Waals surface area contributed by atoms with E-state index in [1.165, 1.54) is 6.92 Å². The maximum Gasteiger partial charge on any atom is 0.242 e. The fourth-order valence-corrected chi connectivity index (χ4v) is 2.29. The van der Waals surface area contributed by atoms with Gasteiger partial charge in [-0.2, -0.15) is 0 Å². The molecule has 22 heavy (non-hydrogen) atoms. The summed E-state index contributed by atoms with van der Waals surface area (Å²) in [5.74, 6) is 1.63. The first-order valence-corrected chi connectivity index (χ1v) is 8.14. The minimum Gasteiger partial charge on any atom is -0.473 e. The molecular formula is C17H30N2O3. The molecule has 1 fully saturated rings. The van der Waals surface area contributed by atoms with Crippen molar-refractivity contribution in [2.45, 2.75) is 66.5 Å². The molecular weight excluding hydrogens is 280 g/mol. The largest absolute Gasteiger partial charge is 0.473 e. The molecule has 2 N–H and O–H groups in total. The smallest absolute Gasteiger partial charge is 0.242 e. The molecule has 5 heteroatoms. The van der Waals surface area contributed by atoms with Gasteiger partial charge in [0, 0.05) is 6.54 Å². The quantitative estimate of drug-likeness (QED) is 0.641. The first-order valence-electron chi connectivity index (χ1n) is 8.14. The van der Waals surface area contributed by atoms with Gasteiger partial charge in [-0.1, -0.05) is 27.7 Å². The second-order valence-corrected chi connectivity index (χ2v) is 6.90. The molecule has 0 aromatic heterocycles. The van der Waals surface area contributed by atoms with E-state index in [-0.39, 0.29) is 17.7 Å². The Morgan fingerprint density at radius 2 is 1.77 bits per heavy atom. The maximum absolute atomic E-state index is 12.4.